The van der Waals surface area contributed by atoms with Crippen molar-refractivity contribution < 1.29 is 22.8 Å². The van der Waals surface area contributed by atoms with Crippen LogP contribution in [0.3, 0.4) is 0 Å². The molecule has 4 rings (SSSR count). The van der Waals surface area contributed by atoms with E-state index in [1.807, 2.05) is 0 Å². The summed E-state index contributed by atoms with van der Waals surface area (Å²) in [6.07, 6.45) is -0.121. The van der Waals surface area contributed by atoms with Gasteiger partial charge in [-0.1, -0.05) is 12.8 Å². The van der Waals surface area contributed by atoms with Gasteiger partial charge in [0, 0.05) is 12.6 Å². The summed E-state index contributed by atoms with van der Waals surface area (Å²) in [7, 11) is 0. The fourth-order valence-electron chi connectivity index (χ4n) is 4.45. The van der Waals surface area contributed by atoms with E-state index in [9.17, 15) is 22.8 Å². The van der Waals surface area contributed by atoms with Crippen LogP contribution in [0, 0.1) is 11.3 Å². The van der Waals surface area contributed by atoms with Crippen LogP contribution in [0.4, 0.5) is 29.3 Å². The highest BCUT2D eigenvalue weighted by Crippen LogP contribution is 2.41. The predicted molar refractivity (Wildman–Crippen MR) is 128 cm³/mol. The Balaban J connectivity index is 0.00000193. The van der Waals surface area contributed by atoms with E-state index in [1.165, 1.54) is 30.2 Å². The second-order valence-corrected chi connectivity index (χ2v) is 7.74. The normalized spacial score (nSPS) is 19.8. The Morgan fingerprint density at radius 3 is 2.12 bits per heavy atom. The van der Waals surface area contributed by atoms with Gasteiger partial charge in [0.15, 0.2) is 5.78 Å². The van der Waals surface area contributed by atoms with Crippen molar-refractivity contribution in [1.29, 1.82) is 5.26 Å². The molecular weight excluding hydrogens is 473 g/mol. The maximum absolute atomic E-state index is 13.5. The summed E-state index contributed by atoms with van der Waals surface area (Å²) in [6, 6.07) is 7.17. The fraction of sp³-hybridized carbons (Fsp3) is 0.364. The number of alkyl halides is 3. The van der Waals surface area contributed by atoms with Crippen LogP contribution in [0.1, 0.15) is 54.2 Å². The number of hydrogen-bond acceptors (Lipinski definition) is 4. The average Bonchev–Trinajstić information content (AvgIpc) is 3.04. The standard InChI is InChI=1S/C22H19F3N4O2.2H2S/c1-13(30)18-9-8-16(12-27-18)29-20-5-3-2-4-19(20)28(21(29)31)15-7-6-14(11-26)17(10-15)22(23,24)25;;/h6-10,12,19-20H,2-5H2,1H3;2*1H2/t19-,20-;;/m0../s1. The molecule has 1 saturated heterocycles. The summed E-state index contributed by atoms with van der Waals surface area (Å²) in [5.41, 5.74) is -0.653. The van der Waals surface area contributed by atoms with Crippen molar-refractivity contribution in [3.63, 3.8) is 0 Å². The van der Waals surface area contributed by atoms with Crippen molar-refractivity contribution in [3.8, 4) is 6.07 Å². The molecule has 2 heterocycles. The molecule has 0 radical (unpaired) electrons. The zero-order chi connectivity index (χ0) is 22.3. The van der Waals surface area contributed by atoms with E-state index < -0.39 is 23.3 Å². The third-order valence-corrected chi connectivity index (χ3v) is 5.86. The number of carbonyl (C=O) groups excluding carboxylic acids is 2. The number of pyridine rings is 1. The highest BCUT2D eigenvalue weighted by Gasteiger charge is 2.48. The molecule has 2 aliphatic rings. The smallest absolute Gasteiger partial charge is 0.293 e. The van der Waals surface area contributed by atoms with Crippen molar-refractivity contribution in [2.45, 2.75) is 50.9 Å². The van der Waals surface area contributed by atoms with Crippen LogP contribution in [0.2, 0.25) is 0 Å². The molecule has 6 nitrogen and oxygen atoms in total. The van der Waals surface area contributed by atoms with Gasteiger partial charge < -0.3 is 0 Å². The Kier molecular flexibility index (Phi) is 8.09. The second-order valence-electron chi connectivity index (χ2n) is 7.74. The first kappa shape index (κ1) is 26.5. The van der Waals surface area contributed by atoms with Crippen LogP contribution in [0.5, 0.6) is 0 Å². The molecule has 0 spiro atoms. The van der Waals surface area contributed by atoms with E-state index in [2.05, 4.69) is 4.98 Å². The SMILES string of the molecule is CC(=O)c1ccc(N2C(=O)N(c3ccc(C#N)c(C(F)(F)F)c3)[C@H]3CCCC[C@@H]32)cn1.S.S. The number of urea groups is 1. The number of rotatable bonds is 3. The molecule has 0 unspecified atom stereocenters. The van der Waals surface area contributed by atoms with Crippen LogP contribution < -0.4 is 9.80 Å². The second kappa shape index (κ2) is 10.1. The summed E-state index contributed by atoms with van der Waals surface area (Å²) in [5.74, 6) is -0.200. The van der Waals surface area contributed by atoms with Gasteiger partial charge in [-0.05, 0) is 43.2 Å². The number of benzene rings is 1. The molecule has 33 heavy (non-hydrogen) atoms. The molecule has 176 valence electrons. The van der Waals surface area contributed by atoms with Gasteiger partial charge in [-0.3, -0.25) is 19.6 Å². The number of fused-ring (bicyclic) bond motifs is 1. The highest BCUT2D eigenvalue weighted by molar-refractivity contribution is 7.59. The van der Waals surface area contributed by atoms with Crippen molar-refractivity contribution in [1.82, 2.24) is 4.98 Å². The molecule has 1 aliphatic carbocycles. The molecule has 2 amide bonds. The van der Waals surface area contributed by atoms with Gasteiger partial charge in [0.1, 0.15) is 5.69 Å². The van der Waals surface area contributed by atoms with E-state index >= 15 is 0 Å². The molecule has 0 bridgehead atoms. The summed E-state index contributed by atoms with van der Waals surface area (Å²) < 4.78 is 40.4. The molecule has 1 aromatic heterocycles. The number of amides is 2. The zero-order valence-electron chi connectivity index (χ0n) is 17.7. The first-order chi connectivity index (χ1) is 14.7. The van der Waals surface area contributed by atoms with E-state index in [0.29, 0.717) is 18.5 Å². The molecule has 0 N–H and O–H groups in total. The van der Waals surface area contributed by atoms with Crippen molar-refractivity contribution >= 4 is 50.2 Å². The predicted octanol–water partition coefficient (Wildman–Crippen LogP) is 5.16. The minimum atomic E-state index is -4.71. The van der Waals surface area contributed by atoms with Crippen LogP contribution in [-0.2, 0) is 6.18 Å². The molecule has 2 aromatic rings. The topological polar surface area (TPSA) is 77.3 Å². The van der Waals surface area contributed by atoms with E-state index in [4.69, 9.17) is 5.26 Å². The lowest BCUT2D eigenvalue weighted by molar-refractivity contribution is -0.137. The molecule has 11 heteroatoms. The van der Waals surface area contributed by atoms with Gasteiger partial charge in [0.2, 0.25) is 0 Å². The minimum absolute atomic E-state index is 0. The quantitative estimate of drug-likeness (QED) is 0.550. The Labute approximate surface area is 203 Å². The minimum Gasteiger partial charge on any atom is -0.293 e. The third-order valence-electron chi connectivity index (χ3n) is 5.86. The number of ketones is 1. The number of aromatic nitrogens is 1. The van der Waals surface area contributed by atoms with Crippen LogP contribution in [-0.4, -0.2) is 28.9 Å². The van der Waals surface area contributed by atoms with Crippen molar-refractivity contribution in [2.24, 2.45) is 0 Å². The lowest BCUT2D eigenvalue weighted by Crippen LogP contribution is -2.40. The van der Waals surface area contributed by atoms with Crippen molar-refractivity contribution in [3.05, 3.63) is 53.3 Å². The fourth-order valence-corrected chi connectivity index (χ4v) is 4.45. The molecule has 2 atom stereocenters. The van der Waals surface area contributed by atoms with Gasteiger partial charge in [-0.15, -0.1) is 0 Å². The largest absolute Gasteiger partial charge is 0.417 e. The summed E-state index contributed by atoms with van der Waals surface area (Å²) in [4.78, 5) is 32.0. The lowest BCUT2D eigenvalue weighted by atomic mass is 9.89. The maximum Gasteiger partial charge on any atom is 0.417 e. The number of hydrogen-bond donors (Lipinski definition) is 0. The van der Waals surface area contributed by atoms with Gasteiger partial charge >= 0.3 is 12.2 Å². The molecule has 1 aliphatic heterocycles. The number of nitriles is 1. The summed E-state index contributed by atoms with van der Waals surface area (Å²) in [6.45, 7) is 1.39. The van der Waals surface area contributed by atoms with Gasteiger partial charge in [-0.2, -0.15) is 45.4 Å². The summed E-state index contributed by atoms with van der Waals surface area (Å²) >= 11 is 0. The van der Waals surface area contributed by atoms with Gasteiger partial charge in [-0.25, -0.2) is 4.79 Å². The molecular formula is C22H23F3N4O2S2. The van der Waals surface area contributed by atoms with E-state index in [-0.39, 0.29) is 56.2 Å². The molecule has 1 saturated carbocycles. The Hall–Kier alpha value is -2.71. The van der Waals surface area contributed by atoms with E-state index in [1.54, 1.807) is 17.0 Å². The Morgan fingerprint density at radius 1 is 1.06 bits per heavy atom. The molecule has 1 aromatic carbocycles. The van der Waals surface area contributed by atoms with E-state index in [0.717, 1.165) is 25.0 Å². The number of carbonyl (C=O) groups is 2. The first-order valence-electron chi connectivity index (χ1n) is 9.93. The lowest BCUT2D eigenvalue weighted by Gasteiger charge is -2.31. The Bertz CT molecular complexity index is 1090. The third kappa shape index (κ3) is 4.82. The van der Waals surface area contributed by atoms with Crippen LogP contribution >= 0.6 is 27.0 Å². The number of halogens is 3. The number of Topliss-reactive ketones (excluding diaryl/α,β-unsaturated/α-hetero) is 1. The monoisotopic (exact) mass is 496 g/mol. The number of nitrogens with zero attached hydrogens (tertiary/aromatic N) is 4. The average molecular weight is 497 g/mol. The van der Waals surface area contributed by atoms with Crippen molar-refractivity contribution in [2.75, 3.05) is 9.80 Å². The first-order valence-corrected chi connectivity index (χ1v) is 9.93. The highest BCUT2D eigenvalue weighted by atomic mass is 32.1. The zero-order valence-corrected chi connectivity index (χ0v) is 19.7. The van der Waals surface area contributed by atoms with Crippen LogP contribution in [0.15, 0.2) is 36.5 Å². The summed E-state index contributed by atoms with van der Waals surface area (Å²) in [5, 5.41) is 9.06. The molecule has 2 fully saturated rings. The maximum atomic E-state index is 13.5. The van der Waals surface area contributed by atoms with Crippen LogP contribution in [0.25, 0.3) is 0 Å². The Morgan fingerprint density at radius 2 is 1.64 bits per heavy atom. The number of anilines is 2. The van der Waals surface area contributed by atoms with Gasteiger partial charge in [0.25, 0.3) is 0 Å². The van der Waals surface area contributed by atoms with Gasteiger partial charge in [0.05, 0.1) is 41.2 Å².